The number of rotatable bonds is 8. The van der Waals surface area contributed by atoms with Crippen molar-refractivity contribution in [1.29, 1.82) is 0 Å². The van der Waals surface area contributed by atoms with E-state index in [1.54, 1.807) is 24.4 Å². The maximum Gasteiger partial charge on any atom is 0.191 e. The first-order valence-electron chi connectivity index (χ1n) is 9.75. The van der Waals surface area contributed by atoms with E-state index in [2.05, 4.69) is 37.3 Å². The van der Waals surface area contributed by atoms with Gasteiger partial charge in [0.2, 0.25) is 0 Å². The van der Waals surface area contributed by atoms with Crippen LogP contribution in [0.15, 0.2) is 65.9 Å². The number of nitrogens with one attached hydrogen (secondary N) is 2. The topological polar surface area (TPSA) is 74.5 Å². The molecule has 3 N–H and O–H groups in total. The molecule has 0 aliphatic rings. The number of aliphatic hydroxyl groups is 1. The molecule has 0 saturated heterocycles. The largest absolute Gasteiger partial charge is 0.387 e. The Labute approximate surface area is 209 Å². The molecule has 2 aromatic carbocycles. The molecule has 1 atom stereocenters. The summed E-state index contributed by atoms with van der Waals surface area (Å²) in [5, 5.41) is 17.8. The van der Waals surface area contributed by atoms with Crippen molar-refractivity contribution >= 4 is 53.1 Å². The van der Waals surface area contributed by atoms with Gasteiger partial charge in [0.1, 0.15) is 12.4 Å². The molecule has 3 rings (SSSR count). The second-order valence-electron chi connectivity index (χ2n) is 6.75. The maximum absolute atomic E-state index is 10.5. The average Bonchev–Trinajstić information content (AvgIpc) is 3.16. The van der Waals surface area contributed by atoms with Crippen molar-refractivity contribution in [3.8, 4) is 0 Å². The lowest BCUT2D eigenvalue weighted by molar-refractivity contribution is 0.181. The van der Waals surface area contributed by atoms with Gasteiger partial charge in [-0.25, -0.2) is 9.98 Å². The van der Waals surface area contributed by atoms with Gasteiger partial charge in [-0.05, 0) is 36.2 Å². The Morgan fingerprint density at radius 2 is 1.84 bits per heavy atom. The van der Waals surface area contributed by atoms with Crippen LogP contribution >= 0.6 is 47.2 Å². The Balaban J connectivity index is 0.00000341. The number of aromatic nitrogens is 2. The first kappa shape index (κ1) is 25.5. The van der Waals surface area contributed by atoms with Gasteiger partial charge in [0.25, 0.3) is 0 Å². The zero-order chi connectivity index (χ0) is 21.3. The molecule has 1 aromatic heterocycles. The highest BCUT2D eigenvalue weighted by Crippen LogP contribution is 2.23. The summed E-state index contributed by atoms with van der Waals surface area (Å²) in [6.45, 7) is 4.10. The lowest BCUT2D eigenvalue weighted by Gasteiger charge is -2.16. The summed E-state index contributed by atoms with van der Waals surface area (Å²) in [7, 11) is 0. The van der Waals surface area contributed by atoms with Crippen LogP contribution in [-0.2, 0) is 13.1 Å². The van der Waals surface area contributed by atoms with E-state index >= 15 is 0 Å². The van der Waals surface area contributed by atoms with Crippen molar-refractivity contribution in [1.82, 2.24) is 20.2 Å². The number of aliphatic imine (C=N–C) groups is 1. The molecule has 0 aliphatic carbocycles. The minimum Gasteiger partial charge on any atom is -0.387 e. The van der Waals surface area contributed by atoms with Gasteiger partial charge in [0, 0.05) is 42.1 Å². The Morgan fingerprint density at radius 1 is 1.13 bits per heavy atom. The van der Waals surface area contributed by atoms with Crippen LogP contribution in [0.1, 0.15) is 30.0 Å². The second kappa shape index (κ2) is 12.9. The normalized spacial score (nSPS) is 12.2. The van der Waals surface area contributed by atoms with Crippen molar-refractivity contribution in [2.24, 2.45) is 4.99 Å². The summed E-state index contributed by atoms with van der Waals surface area (Å²) >= 11 is 12.0. The molecule has 1 heterocycles. The number of aliphatic hydroxyl groups excluding tert-OH is 1. The number of hydrogen-bond acceptors (Lipinski definition) is 3. The third kappa shape index (κ3) is 7.99. The highest BCUT2D eigenvalue weighted by atomic mass is 127. The lowest BCUT2D eigenvalue weighted by atomic mass is 10.1. The first-order valence-corrected chi connectivity index (χ1v) is 10.5. The molecule has 166 valence electrons. The van der Waals surface area contributed by atoms with E-state index in [4.69, 9.17) is 23.2 Å². The molecular formula is C22H26Cl2IN5O. The highest BCUT2D eigenvalue weighted by molar-refractivity contribution is 14.0. The van der Waals surface area contributed by atoms with Crippen molar-refractivity contribution < 1.29 is 5.11 Å². The summed E-state index contributed by atoms with van der Waals surface area (Å²) in [6, 6.07) is 15.3. The number of imidazole rings is 1. The smallest absolute Gasteiger partial charge is 0.191 e. The van der Waals surface area contributed by atoms with Gasteiger partial charge < -0.3 is 20.3 Å². The quantitative estimate of drug-likeness (QED) is 0.208. The monoisotopic (exact) mass is 573 g/mol. The van der Waals surface area contributed by atoms with E-state index in [0.717, 1.165) is 12.4 Å². The van der Waals surface area contributed by atoms with Crippen LogP contribution in [0.3, 0.4) is 0 Å². The molecule has 0 aliphatic heterocycles. The zero-order valence-corrected chi connectivity index (χ0v) is 21.0. The minimum atomic E-state index is -0.773. The van der Waals surface area contributed by atoms with Crippen molar-refractivity contribution in [3.63, 3.8) is 0 Å². The molecule has 3 aromatic rings. The molecule has 1 unspecified atom stereocenters. The van der Waals surface area contributed by atoms with Gasteiger partial charge in [0.05, 0.1) is 6.10 Å². The van der Waals surface area contributed by atoms with Crippen molar-refractivity contribution in [3.05, 3.63) is 87.9 Å². The Bertz CT molecular complexity index is 961. The van der Waals surface area contributed by atoms with Crippen molar-refractivity contribution in [2.45, 2.75) is 26.1 Å². The maximum atomic E-state index is 10.5. The van der Waals surface area contributed by atoms with Crippen LogP contribution < -0.4 is 10.6 Å². The fraction of sp³-hybridized carbons (Fsp3) is 0.273. The molecule has 0 saturated carbocycles. The Kier molecular flexibility index (Phi) is 10.6. The summed E-state index contributed by atoms with van der Waals surface area (Å²) in [5.41, 5.74) is 1.85. The molecular weight excluding hydrogens is 548 g/mol. The van der Waals surface area contributed by atoms with Gasteiger partial charge in [0.15, 0.2) is 5.96 Å². The summed E-state index contributed by atoms with van der Waals surface area (Å²) < 4.78 is 2.07. The number of benzene rings is 2. The average molecular weight is 574 g/mol. The van der Waals surface area contributed by atoms with Crippen LogP contribution in [0, 0.1) is 0 Å². The Morgan fingerprint density at radius 3 is 2.52 bits per heavy atom. The van der Waals surface area contributed by atoms with Crippen LogP contribution in [0.5, 0.6) is 0 Å². The van der Waals surface area contributed by atoms with Gasteiger partial charge in [-0.3, -0.25) is 0 Å². The van der Waals surface area contributed by atoms with Crippen LogP contribution in [0.2, 0.25) is 10.0 Å². The van der Waals surface area contributed by atoms with Crippen molar-refractivity contribution in [2.75, 3.05) is 13.1 Å². The fourth-order valence-corrected chi connectivity index (χ4v) is 3.53. The molecule has 0 amide bonds. The van der Waals surface area contributed by atoms with Crippen LogP contribution in [0.25, 0.3) is 0 Å². The molecule has 0 fully saturated rings. The summed E-state index contributed by atoms with van der Waals surface area (Å²) in [4.78, 5) is 9.04. The molecule has 9 heteroatoms. The van der Waals surface area contributed by atoms with E-state index < -0.39 is 6.10 Å². The third-order valence-electron chi connectivity index (χ3n) is 4.45. The van der Waals surface area contributed by atoms with E-state index in [-0.39, 0.29) is 30.5 Å². The number of guanidine groups is 1. The molecule has 0 bridgehead atoms. The molecule has 6 nitrogen and oxygen atoms in total. The number of hydrogen-bond donors (Lipinski definition) is 3. The second-order valence-corrected chi connectivity index (χ2v) is 7.62. The summed E-state index contributed by atoms with van der Waals surface area (Å²) in [5.74, 6) is 1.46. The van der Waals surface area contributed by atoms with Crippen LogP contribution in [-0.4, -0.2) is 33.7 Å². The predicted molar refractivity (Wildman–Crippen MR) is 137 cm³/mol. The fourth-order valence-electron chi connectivity index (χ4n) is 2.99. The van der Waals surface area contributed by atoms with E-state index in [1.807, 2.05) is 31.3 Å². The highest BCUT2D eigenvalue weighted by Gasteiger charge is 2.11. The predicted octanol–water partition coefficient (Wildman–Crippen LogP) is 4.64. The van der Waals surface area contributed by atoms with E-state index in [1.165, 1.54) is 5.56 Å². The molecule has 31 heavy (non-hydrogen) atoms. The molecule has 0 radical (unpaired) electrons. The number of nitrogens with zero attached hydrogens (tertiary/aromatic N) is 3. The van der Waals surface area contributed by atoms with E-state index in [9.17, 15) is 5.11 Å². The van der Waals surface area contributed by atoms with Gasteiger partial charge in [-0.2, -0.15) is 0 Å². The van der Waals surface area contributed by atoms with Crippen LogP contribution in [0.4, 0.5) is 0 Å². The number of halogens is 3. The SMILES string of the molecule is CCNC(=NCc1nccn1Cc1ccccc1)NCC(O)c1cc(Cl)cc(Cl)c1.I. The van der Waals surface area contributed by atoms with Gasteiger partial charge in [-0.1, -0.05) is 53.5 Å². The standard InChI is InChI=1S/C22H25Cl2N5O.HI/c1-2-25-22(27-13-20(30)17-10-18(23)12-19(24)11-17)28-14-21-26-8-9-29(21)15-16-6-4-3-5-7-16;/h3-12,20,30H,2,13-15H2,1H3,(H2,25,27,28);1H. The summed E-state index contributed by atoms with van der Waals surface area (Å²) in [6.07, 6.45) is 2.95. The minimum absolute atomic E-state index is 0. The third-order valence-corrected chi connectivity index (χ3v) is 4.89. The Hall–Kier alpha value is -1.81. The first-order chi connectivity index (χ1) is 14.5. The lowest BCUT2D eigenvalue weighted by Crippen LogP contribution is -2.39. The van der Waals surface area contributed by atoms with E-state index in [0.29, 0.717) is 34.7 Å². The van der Waals surface area contributed by atoms with Gasteiger partial charge in [-0.15, -0.1) is 24.0 Å². The zero-order valence-electron chi connectivity index (χ0n) is 17.1. The molecule has 0 spiro atoms. The van der Waals surface area contributed by atoms with Gasteiger partial charge >= 0.3 is 0 Å².